The van der Waals surface area contributed by atoms with Crippen molar-refractivity contribution in [1.82, 2.24) is 9.97 Å². The molecule has 0 spiro atoms. The van der Waals surface area contributed by atoms with Crippen LogP contribution in [0.2, 0.25) is 10.4 Å². The van der Waals surface area contributed by atoms with Crippen LogP contribution >= 0.6 is 23.2 Å². The summed E-state index contributed by atoms with van der Waals surface area (Å²) in [5.74, 6) is -1.89. The third-order valence-corrected chi connectivity index (χ3v) is 1.61. The van der Waals surface area contributed by atoms with E-state index >= 15 is 0 Å². The number of carboxylic acid groups (broad SMARTS) is 1. The lowest BCUT2D eigenvalue weighted by molar-refractivity contribution is -0.139. The monoisotopic (exact) mass is 249 g/mol. The van der Waals surface area contributed by atoms with E-state index in [-0.39, 0.29) is 16.3 Å². The molecule has 0 bridgehead atoms. The molecule has 0 radical (unpaired) electrons. The molecule has 15 heavy (non-hydrogen) atoms. The minimum atomic E-state index is -1.24. The van der Waals surface area contributed by atoms with E-state index in [0.29, 0.717) is 0 Å². The molecule has 1 aromatic heterocycles. The highest BCUT2D eigenvalue weighted by atomic mass is 35.5. The first-order valence-corrected chi connectivity index (χ1v) is 4.44. The summed E-state index contributed by atoms with van der Waals surface area (Å²) >= 11 is 11.0. The number of aliphatic carboxylic acids is 1. The van der Waals surface area contributed by atoms with Gasteiger partial charge in [-0.15, -0.1) is 0 Å². The molecule has 0 aromatic carbocycles. The Morgan fingerprint density at radius 3 is 2.60 bits per heavy atom. The number of hydrogen-bond acceptors (Lipinski definition) is 4. The van der Waals surface area contributed by atoms with E-state index in [1.54, 1.807) is 0 Å². The molecular weight excluding hydrogens is 245 g/mol. The Kier molecular flexibility index (Phi) is 3.81. The van der Waals surface area contributed by atoms with Gasteiger partial charge in [-0.25, -0.2) is 9.97 Å². The van der Waals surface area contributed by atoms with Crippen LogP contribution in [0, 0.1) is 0 Å². The second kappa shape index (κ2) is 4.90. The summed E-state index contributed by atoms with van der Waals surface area (Å²) in [4.78, 5) is 28.4. The molecule has 0 aliphatic heterocycles. The van der Waals surface area contributed by atoms with Gasteiger partial charge in [-0.05, 0) is 11.6 Å². The van der Waals surface area contributed by atoms with Crippen molar-refractivity contribution in [1.29, 1.82) is 0 Å². The SMILES string of the molecule is O=C(O)CC(=O)Nc1cc(Cl)nc(Cl)n1. The van der Waals surface area contributed by atoms with Gasteiger partial charge in [0.1, 0.15) is 17.4 Å². The van der Waals surface area contributed by atoms with Crippen LogP contribution in [-0.4, -0.2) is 27.0 Å². The fourth-order valence-electron chi connectivity index (χ4n) is 0.778. The van der Waals surface area contributed by atoms with E-state index in [2.05, 4.69) is 15.3 Å². The molecule has 0 saturated carbocycles. The van der Waals surface area contributed by atoms with Crippen LogP contribution in [0.25, 0.3) is 0 Å². The molecule has 0 fully saturated rings. The molecule has 8 heteroatoms. The number of hydrogen-bond donors (Lipinski definition) is 2. The van der Waals surface area contributed by atoms with Gasteiger partial charge in [0, 0.05) is 6.07 Å². The number of halogens is 2. The van der Waals surface area contributed by atoms with Crippen LogP contribution < -0.4 is 5.32 Å². The molecule has 0 aliphatic carbocycles. The largest absolute Gasteiger partial charge is 0.481 e. The van der Waals surface area contributed by atoms with Crippen LogP contribution in [-0.2, 0) is 9.59 Å². The van der Waals surface area contributed by atoms with E-state index in [1.807, 2.05) is 0 Å². The fraction of sp³-hybridized carbons (Fsp3) is 0.143. The van der Waals surface area contributed by atoms with Gasteiger partial charge in [0.15, 0.2) is 0 Å². The number of carboxylic acids is 1. The van der Waals surface area contributed by atoms with Gasteiger partial charge in [-0.1, -0.05) is 11.6 Å². The lowest BCUT2D eigenvalue weighted by Gasteiger charge is -2.02. The third-order valence-electron chi connectivity index (χ3n) is 1.25. The predicted molar refractivity (Wildman–Crippen MR) is 52.9 cm³/mol. The number of carbonyl (C=O) groups is 2. The van der Waals surface area contributed by atoms with Crippen LogP contribution in [0.5, 0.6) is 0 Å². The van der Waals surface area contributed by atoms with Crippen LogP contribution in [0.4, 0.5) is 5.82 Å². The lowest BCUT2D eigenvalue weighted by Crippen LogP contribution is -2.16. The van der Waals surface area contributed by atoms with Gasteiger partial charge in [-0.2, -0.15) is 0 Å². The zero-order chi connectivity index (χ0) is 11.4. The van der Waals surface area contributed by atoms with E-state index in [0.717, 1.165) is 0 Å². The van der Waals surface area contributed by atoms with Crippen molar-refractivity contribution in [3.8, 4) is 0 Å². The number of nitrogens with one attached hydrogen (secondary N) is 1. The Labute approximate surface area is 94.2 Å². The van der Waals surface area contributed by atoms with Crippen molar-refractivity contribution in [2.24, 2.45) is 0 Å². The topological polar surface area (TPSA) is 92.2 Å². The fourth-order valence-corrected chi connectivity index (χ4v) is 1.19. The van der Waals surface area contributed by atoms with Crippen LogP contribution in [0.15, 0.2) is 6.07 Å². The van der Waals surface area contributed by atoms with Gasteiger partial charge in [0.2, 0.25) is 11.2 Å². The normalized spacial score (nSPS) is 9.73. The minimum absolute atomic E-state index is 0.0561. The highest BCUT2D eigenvalue weighted by Gasteiger charge is 2.09. The van der Waals surface area contributed by atoms with Crippen LogP contribution in [0.1, 0.15) is 6.42 Å². The summed E-state index contributed by atoms with van der Waals surface area (Å²) in [5.41, 5.74) is 0. The number of aromatic nitrogens is 2. The molecule has 2 N–H and O–H groups in total. The smallest absolute Gasteiger partial charge is 0.312 e. The number of rotatable bonds is 3. The quantitative estimate of drug-likeness (QED) is 0.477. The molecule has 1 rings (SSSR count). The first kappa shape index (κ1) is 11.7. The van der Waals surface area contributed by atoms with Crippen molar-refractivity contribution in [3.05, 3.63) is 16.5 Å². The first-order valence-electron chi connectivity index (χ1n) is 3.69. The number of carbonyl (C=O) groups excluding carboxylic acids is 1. The van der Waals surface area contributed by atoms with Gasteiger partial charge in [0.25, 0.3) is 0 Å². The number of nitrogens with zero attached hydrogens (tertiary/aromatic N) is 2. The predicted octanol–water partition coefficient (Wildman–Crippen LogP) is 1.20. The Hall–Kier alpha value is -1.40. The molecule has 1 amide bonds. The average Bonchev–Trinajstić information content (AvgIpc) is 1.98. The molecule has 0 saturated heterocycles. The molecule has 80 valence electrons. The maximum Gasteiger partial charge on any atom is 0.312 e. The van der Waals surface area contributed by atoms with Crippen molar-refractivity contribution >= 4 is 40.9 Å². The van der Waals surface area contributed by atoms with Crippen molar-refractivity contribution in [2.45, 2.75) is 6.42 Å². The Bertz CT molecular complexity index is 390. The lowest BCUT2D eigenvalue weighted by atomic mass is 10.4. The van der Waals surface area contributed by atoms with E-state index < -0.39 is 18.3 Å². The Balaban J connectivity index is 2.72. The van der Waals surface area contributed by atoms with Crippen molar-refractivity contribution < 1.29 is 14.7 Å². The standard InChI is InChI=1S/C7H5Cl2N3O3/c8-3-1-4(12-7(9)10-3)11-5(13)2-6(14)15/h1H,2H2,(H,14,15)(H,10,11,12,13). The second-order valence-corrected chi connectivity index (χ2v) is 3.19. The maximum absolute atomic E-state index is 11.0. The van der Waals surface area contributed by atoms with Crippen LogP contribution in [0.3, 0.4) is 0 Å². The summed E-state index contributed by atoms with van der Waals surface area (Å²) in [5, 5.41) is 10.5. The molecule has 1 heterocycles. The first-order chi connectivity index (χ1) is 6.97. The number of anilines is 1. The Morgan fingerprint density at radius 1 is 1.40 bits per heavy atom. The molecular formula is C7H5Cl2N3O3. The maximum atomic E-state index is 11.0. The molecule has 6 nitrogen and oxygen atoms in total. The molecule has 0 atom stereocenters. The summed E-state index contributed by atoms with van der Waals surface area (Å²) < 4.78 is 0. The minimum Gasteiger partial charge on any atom is -0.481 e. The van der Waals surface area contributed by atoms with Gasteiger partial charge >= 0.3 is 5.97 Å². The molecule has 0 unspecified atom stereocenters. The van der Waals surface area contributed by atoms with Crippen molar-refractivity contribution in [3.63, 3.8) is 0 Å². The summed E-state index contributed by atoms with van der Waals surface area (Å²) in [6.45, 7) is 0. The summed E-state index contributed by atoms with van der Waals surface area (Å²) in [6, 6.07) is 1.26. The zero-order valence-electron chi connectivity index (χ0n) is 7.20. The molecule has 0 aliphatic rings. The van der Waals surface area contributed by atoms with Gasteiger partial charge in [-0.3, -0.25) is 9.59 Å². The van der Waals surface area contributed by atoms with E-state index in [9.17, 15) is 9.59 Å². The van der Waals surface area contributed by atoms with E-state index in [1.165, 1.54) is 6.07 Å². The second-order valence-electron chi connectivity index (χ2n) is 2.46. The van der Waals surface area contributed by atoms with E-state index in [4.69, 9.17) is 28.3 Å². The van der Waals surface area contributed by atoms with Crippen molar-refractivity contribution in [2.75, 3.05) is 5.32 Å². The molecule has 1 aromatic rings. The Morgan fingerprint density at radius 2 is 2.07 bits per heavy atom. The number of amides is 1. The summed E-state index contributed by atoms with van der Waals surface area (Å²) in [7, 11) is 0. The highest BCUT2D eigenvalue weighted by Crippen LogP contribution is 2.14. The zero-order valence-corrected chi connectivity index (χ0v) is 8.71. The average molecular weight is 250 g/mol. The third kappa shape index (κ3) is 4.09. The highest BCUT2D eigenvalue weighted by molar-refractivity contribution is 6.32. The summed E-state index contributed by atoms with van der Waals surface area (Å²) in [6.07, 6.45) is -0.654. The van der Waals surface area contributed by atoms with Gasteiger partial charge in [0.05, 0.1) is 0 Å². The van der Waals surface area contributed by atoms with Gasteiger partial charge < -0.3 is 10.4 Å².